The summed E-state index contributed by atoms with van der Waals surface area (Å²) < 4.78 is 0. The normalized spacial score (nSPS) is 23.8. The van der Waals surface area contributed by atoms with Crippen LogP contribution in [0.3, 0.4) is 0 Å². The molecule has 2 unspecified atom stereocenters. The van der Waals surface area contributed by atoms with Crippen LogP contribution < -0.4 is 0 Å². The fraction of sp³-hybridized carbons (Fsp3) is 0.520. The Labute approximate surface area is 159 Å². The molecule has 0 aromatic heterocycles. The maximum Gasteiger partial charge on any atom is 0.0142 e. The predicted molar refractivity (Wildman–Crippen MR) is 112 cm³/mol. The molecule has 1 fully saturated rings. The first-order valence-corrected chi connectivity index (χ1v) is 10.4. The first-order valence-electron chi connectivity index (χ1n) is 10.4. The van der Waals surface area contributed by atoms with Crippen LogP contribution in [0.25, 0.3) is 11.1 Å². The van der Waals surface area contributed by atoms with Crippen molar-refractivity contribution in [3.63, 3.8) is 0 Å². The zero-order valence-corrected chi connectivity index (χ0v) is 16.9. The van der Waals surface area contributed by atoms with E-state index < -0.39 is 0 Å². The molecular weight excluding hydrogens is 314 g/mol. The van der Waals surface area contributed by atoms with Gasteiger partial charge in [-0.15, -0.1) is 0 Å². The van der Waals surface area contributed by atoms with E-state index in [1.165, 1.54) is 55.3 Å². The van der Waals surface area contributed by atoms with Gasteiger partial charge in [0.15, 0.2) is 0 Å². The zero-order valence-electron chi connectivity index (χ0n) is 16.9. The van der Waals surface area contributed by atoms with Crippen molar-refractivity contribution in [2.75, 3.05) is 6.54 Å². The van der Waals surface area contributed by atoms with Gasteiger partial charge < -0.3 is 0 Å². The van der Waals surface area contributed by atoms with Crippen LogP contribution >= 0.6 is 0 Å². The quantitative estimate of drug-likeness (QED) is 0.644. The molecule has 0 N–H and O–H groups in total. The smallest absolute Gasteiger partial charge is 0.0142 e. The summed E-state index contributed by atoms with van der Waals surface area (Å²) in [5, 5.41) is 0. The van der Waals surface area contributed by atoms with Crippen molar-refractivity contribution in [3.8, 4) is 11.1 Å². The van der Waals surface area contributed by atoms with Crippen LogP contribution in [0, 0.1) is 0 Å². The molecule has 0 radical (unpaired) electrons. The third kappa shape index (κ3) is 3.47. The van der Waals surface area contributed by atoms with Crippen molar-refractivity contribution >= 4 is 0 Å². The minimum absolute atomic E-state index is 0.218. The second kappa shape index (κ2) is 6.85. The molecule has 1 aliphatic carbocycles. The molecule has 2 atom stereocenters. The van der Waals surface area contributed by atoms with E-state index in [2.05, 4.69) is 75.1 Å². The lowest BCUT2D eigenvalue weighted by Gasteiger charge is -2.35. The average Bonchev–Trinajstić information content (AvgIpc) is 3.06. The van der Waals surface area contributed by atoms with Gasteiger partial charge >= 0.3 is 0 Å². The van der Waals surface area contributed by atoms with Crippen LogP contribution in [0.15, 0.2) is 42.5 Å². The van der Waals surface area contributed by atoms with E-state index >= 15 is 0 Å². The summed E-state index contributed by atoms with van der Waals surface area (Å²) in [6, 6.07) is 17.9. The Kier molecular flexibility index (Phi) is 4.69. The standard InChI is InChI=1S/C25H33N/c1-18-6-5-15-26(18)24-14-11-21-16-20(7-8-22(21)17-24)19-9-12-23(13-10-19)25(2,3)4/h7-10,12-13,16,18,24H,5-6,11,14-15,17H2,1-4H3. The highest BCUT2D eigenvalue weighted by molar-refractivity contribution is 5.65. The molecule has 1 nitrogen and oxygen atoms in total. The number of benzene rings is 2. The van der Waals surface area contributed by atoms with Gasteiger partial charge in [0, 0.05) is 12.1 Å². The van der Waals surface area contributed by atoms with Gasteiger partial charge in [-0.1, -0.05) is 63.2 Å². The minimum atomic E-state index is 0.218. The minimum Gasteiger partial charge on any atom is -0.297 e. The Morgan fingerprint density at radius 2 is 1.62 bits per heavy atom. The van der Waals surface area contributed by atoms with Gasteiger partial charge in [0.1, 0.15) is 0 Å². The van der Waals surface area contributed by atoms with E-state index in [1.807, 2.05) is 0 Å². The van der Waals surface area contributed by atoms with Gasteiger partial charge in [-0.05, 0) is 78.8 Å². The first-order chi connectivity index (χ1) is 12.4. The average molecular weight is 348 g/mol. The molecule has 0 amide bonds. The Morgan fingerprint density at radius 1 is 0.885 bits per heavy atom. The molecule has 2 aliphatic rings. The maximum atomic E-state index is 2.77. The number of likely N-dealkylation sites (tertiary alicyclic amines) is 1. The van der Waals surface area contributed by atoms with Crippen molar-refractivity contribution in [2.45, 2.75) is 77.3 Å². The number of hydrogen-bond donors (Lipinski definition) is 0. The lowest BCUT2D eigenvalue weighted by molar-refractivity contribution is 0.174. The molecule has 138 valence electrons. The van der Waals surface area contributed by atoms with E-state index in [0.717, 1.165) is 12.1 Å². The SMILES string of the molecule is CC1CCCN1C1CCc2cc(-c3ccc(C(C)(C)C)cc3)ccc2C1. The second-order valence-corrected chi connectivity index (χ2v) is 9.44. The summed E-state index contributed by atoms with van der Waals surface area (Å²) in [5.41, 5.74) is 7.49. The molecule has 2 aromatic rings. The van der Waals surface area contributed by atoms with E-state index in [0.29, 0.717) is 0 Å². The molecule has 0 spiro atoms. The van der Waals surface area contributed by atoms with Crippen LogP contribution in [0.5, 0.6) is 0 Å². The molecule has 1 aliphatic heterocycles. The monoisotopic (exact) mass is 347 g/mol. The molecule has 0 bridgehead atoms. The van der Waals surface area contributed by atoms with Gasteiger partial charge in [0.05, 0.1) is 0 Å². The Morgan fingerprint density at radius 3 is 2.27 bits per heavy atom. The molecule has 2 aromatic carbocycles. The van der Waals surface area contributed by atoms with Crippen LogP contribution in [-0.2, 0) is 18.3 Å². The molecule has 1 heterocycles. The fourth-order valence-electron chi connectivity index (χ4n) is 4.86. The number of rotatable bonds is 2. The lowest BCUT2D eigenvalue weighted by atomic mass is 9.84. The van der Waals surface area contributed by atoms with Gasteiger partial charge in [-0.25, -0.2) is 0 Å². The van der Waals surface area contributed by atoms with Crippen molar-refractivity contribution in [3.05, 3.63) is 59.2 Å². The number of nitrogens with zero attached hydrogens (tertiary/aromatic N) is 1. The summed E-state index contributed by atoms with van der Waals surface area (Å²) in [6.45, 7) is 10.5. The third-order valence-electron chi connectivity index (χ3n) is 6.57. The molecule has 1 saturated heterocycles. The summed E-state index contributed by atoms with van der Waals surface area (Å²) in [4.78, 5) is 2.77. The highest BCUT2D eigenvalue weighted by Crippen LogP contribution is 2.33. The molecule has 0 saturated carbocycles. The molecule has 26 heavy (non-hydrogen) atoms. The topological polar surface area (TPSA) is 3.24 Å². The van der Waals surface area contributed by atoms with Gasteiger partial charge in [0.25, 0.3) is 0 Å². The van der Waals surface area contributed by atoms with Crippen LogP contribution in [0.1, 0.15) is 63.6 Å². The predicted octanol–water partition coefficient (Wildman–Crippen LogP) is 5.99. The first kappa shape index (κ1) is 17.8. The molecule has 1 heteroatoms. The molecular formula is C25H33N. The Balaban J connectivity index is 1.53. The van der Waals surface area contributed by atoms with Gasteiger partial charge in [0.2, 0.25) is 0 Å². The fourth-order valence-corrected chi connectivity index (χ4v) is 4.86. The Bertz CT molecular complexity index is 766. The third-order valence-corrected chi connectivity index (χ3v) is 6.57. The number of hydrogen-bond acceptors (Lipinski definition) is 1. The second-order valence-electron chi connectivity index (χ2n) is 9.44. The van der Waals surface area contributed by atoms with E-state index in [4.69, 9.17) is 0 Å². The Hall–Kier alpha value is -1.60. The van der Waals surface area contributed by atoms with Crippen molar-refractivity contribution in [1.82, 2.24) is 4.90 Å². The lowest BCUT2D eigenvalue weighted by Crippen LogP contribution is -2.41. The van der Waals surface area contributed by atoms with Crippen LogP contribution in [0.2, 0.25) is 0 Å². The highest BCUT2D eigenvalue weighted by atomic mass is 15.2. The van der Waals surface area contributed by atoms with Crippen molar-refractivity contribution in [2.24, 2.45) is 0 Å². The summed E-state index contributed by atoms with van der Waals surface area (Å²) in [6.07, 6.45) is 6.56. The maximum absolute atomic E-state index is 2.77. The van der Waals surface area contributed by atoms with Crippen molar-refractivity contribution in [1.29, 1.82) is 0 Å². The van der Waals surface area contributed by atoms with Gasteiger partial charge in [-0.2, -0.15) is 0 Å². The number of fused-ring (bicyclic) bond motifs is 1. The van der Waals surface area contributed by atoms with Crippen LogP contribution in [0.4, 0.5) is 0 Å². The number of aryl methyl sites for hydroxylation is 1. The van der Waals surface area contributed by atoms with E-state index in [1.54, 1.807) is 11.1 Å². The van der Waals surface area contributed by atoms with Crippen LogP contribution in [-0.4, -0.2) is 23.5 Å². The van der Waals surface area contributed by atoms with Gasteiger partial charge in [-0.3, -0.25) is 4.90 Å². The van der Waals surface area contributed by atoms with E-state index in [-0.39, 0.29) is 5.41 Å². The summed E-state index contributed by atoms with van der Waals surface area (Å²) in [5.74, 6) is 0. The molecule has 4 rings (SSSR count). The summed E-state index contributed by atoms with van der Waals surface area (Å²) >= 11 is 0. The van der Waals surface area contributed by atoms with Crippen molar-refractivity contribution < 1.29 is 0 Å². The highest BCUT2D eigenvalue weighted by Gasteiger charge is 2.30. The van der Waals surface area contributed by atoms with E-state index in [9.17, 15) is 0 Å². The summed E-state index contributed by atoms with van der Waals surface area (Å²) in [7, 11) is 0. The largest absolute Gasteiger partial charge is 0.297 e. The zero-order chi connectivity index (χ0) is 18.3.